The van der Waals surface area contributed by atoms with Crippen molar-refractivity contribution < 1.29 is 33.3 Å². The number of aromatic nitrogens is 4. The molecule has 0 saturated carbocycles. The van der Waals surface area contributed by atoms with Gasteiger partial charge in [0.1, 0.15) is 24.6 Å². The molecule has 1 aliphatic rings. The summed E-state index contributed by atoms with van der Waals surface area (Å²) in [5.74, 6) is -1.07. The van der Waals surface area contributed by atoms with Crippen molar-refractivity contribution in [2.75, 3.05) is 13.2 Å². The average molecular weight is 581 g/mol. The molecular weight excluding hydrogens is 552 g/mol. The molecule has 4 aromatic rings. The number of benzene rings is 2. The highest BCUT2D eigenvalue weighted by Gasteiger charge is 2.60. The summed E-state index contributed by atoms with van der Waals surface area (Å²) in [6.45, 7) is 2.75. The summed E-state index contributed by atoms with van der Waals surface area (Å²) >= 11 is 6.26. The van der Waals surface area contributed by atoms with E-state index in [1.165, 1.54) is 26.5 Å². The van der Waals surface area contributed by atoms with Gasteiger partial charge >= 0.3 is 11.9 Å². The number of hydrogen-bond donors (Lipinski definition) is 0. The van der Waals surface area contributed by atoms with Gasteiger partial charge in [-0.3, -0.25) is 14.2 Å². The highest BCUT2D eigenvalue weighted by atomic mass is 35.5. The van der Waals surface area contributed by atoms with Crippen molar-refractivity contribution in [2.24, 2.45) is 0 Å². The van der Waals surface area contributed by atoms with Crippen LogP contribution in [0.2, 0.25) is 5.15 Å². The molecule has 0 amide bonds. The smallest absolute Gasteiger partial charge is 0.303 e. The molecule has 12 heteroatoms. The zero-order valence-corrected chi connectivity index (χ0v) is 23.3. The quantitative estimate of drug-likeness (QED) is 0.189. The predicted molar refractivity (Wildman–Crippen MR) is 146 cm³/mol. The van der Waals surface area contributed by atoms with Crippen LogP contribution in [0.3, 0.4) is 0 Å². The Hall–Kier alpha value is -3.90. The van der Waals surface area contributed by atoms with Gasteiger partial charge in [0.25, 0.3) is 0 Å². The maximum atomic E-state index is 12.4. The molecule has 3 heterocycles. The first kappa shape index (κ1) is 28.6. The highest BCUT2D eigenvalue weighted by Crippen LogP contribution is 2.43. The van der Waals surface area contributed by atoms with Gasteiger partial charge in [-0.15, -0.1) is 0 Å². The Morgan fingerprint density at radius 3 is 2.27 bits per heavy atom. The van der Waals surface area contributed by atoms with Gasteiger partial charge in [-0.05, 0) is 11.1 Å². The largest absolute Gasteiger partial charge is 0.463 e. The average Bonchev–Trinajstić information content (AvgIpc) is 3.52. The number of fused-ring (bicyclic) bond motifs is 1. The Bertz CT molecular complexity index is 1490. The number of nitrogens with zero attached hydrogens (tertiary/aromatic N) is 4. The van der Waals surface area contributed by atoms with E-state index < -0.39 is 36.0 Å². The van der Waals surface area contributed by atoms with Crippen LogP contribution >= 0.6 is 11.6 Å². The van der Waals surface area contributed by atoms with Gasteiger partial charge in [-0.2, -0.15) is 0 Å². The predicted octanol–water partition coefficient (Wildman–Crippen LogP) is 4.04. The Labute approximate surface area is 241 Å². The van der Waals surface area contributed by atoms with E-state index in [9.17, 15) is 9.59 Å². The molecule has 2 aromatic heterocycles. The van der Waals surface area contributed by atoms with Crippen molar-refractivity contribution in [3.8, 4) is 0 Å². The lowest BCUT2D eigenvalue weighted by molar-refractivity contribution is -0.189. The second kappa shape index (κ2) is 12.7. The number of hydrogen-bond acceptors (Lipinski definition) is 10. The second-order valence-corrected chi connectivity index (χ2v) is 9.97. The lowest BCUT2D eigenvalue weighted by Crippen LogP contribution is -2.53. The fourth-order valence-electron chi connectivity index (χ4n) is 4.78. The van der Waals surface area contributed by atoms with Gasteiger partial charge in [0.05, 0.1) is 26.1 Å². The van der Waals surface area contributed by atoms with E-state index in [4.69, 9.17) is 35.3 Å². The summed E-state index contributed by atoms with van der Waals surface area (Å²) in [5.41, 5.74) is 1.15. The SMILES string of the molecule is CC(=O)OC[C@]1(COCc2ccccc2)O[C@@H](n2cnc3c(Cl)ncnc32)[C@H](OC(C)=O)[C@@H]1OCc1ccccc1. The van der Waals surface area contributed by atoms with Crippen molar-refractivity contribution in [3.63, 3.8) is 0 Å². The summed E-state index contributed by atoms with van der Waals surface area (Å²) in [6.07, 6.45) is -0.129. The minimum atomic E-state index is -1.38. The first-order valence-corrected chi connectivity index (χ1v) is 13.3. The third-order valence-corrected chi connectivity index (χ3v) is 6.87. The molecule has 1 fully saturated rings. The highest BCUT2D eigenvalue weighted by molar-refractivity contribution is 6.33. The summed E-state index contributed by atoms with van der Waals surface area (Å²) < 4.78 is 32.2. The number of halogens is 1. The molecule has 11 nitrogen and oxygen atoms in total. The monoisotopic (exact) mass is 580 g/mol. The third kappa shape index (κ3) is 6.54. The minimum Gasteiger partial charge on any atom is -0.463 e. The molecule has 0 N–H and O–H groups in total. The van der Waals surface area contributed by atoms with Gasteiger partial charge < -0.3 is 23.7 Å². The van der Waals surface area contributed by atoms with E-state index >= 15 is 0 Å². The molecule has 0 aliphatic carbocycles. The summed E-state index contributed by atoms with van der Waals surface area (Å²) in [5, 5.41) is 0.157. The van der Waals surface area contributed by atoms with Crippen molar-refractivity contribution in [2.45, 2.75) is 51.1 Å². The van der Waals surface area contributed by atoms with Gasteiger partial charge in [-0.1, -0.05) is 72.3 Å². The van der Waals surface area contributed by atoms with E-state index in [1.807, 2.05) is 60.7 Å². The van der Waals surface area contributed by atoms with Crippen LogP contribution in [0, 0.1) is 0 Å². The van der Waals surface area contributed by atoms with Crippen LogP contribution in [0.15, 0.2) is 73.3 Å². The fraction of sp³-hybridized carbons (Fsp3) is 0.345. The van der Waals surface area contributed by atoms with Crippen LogP contribution in [-0.4, -0.2) is 62.5 Å². The number of esters is 2. The van der Waals surface area contributed by atoms with Gasteiger partial charge in [-0.25, -0.2) is 15.0 Å². The zero-order chi connectivity index (χ0) is 28.8. The van der Waals surface area contributed by atoms with Crippen LogP contribution in [0.4, 0.5) is 0 Å². The van der Waals surface area contributed by atoms with E-state index in [1.54, 1.807) is 4.57 Å². The van der Waals surface area contributed by atoms with Crippen LogP contribution < -0.4 is 0 Å². The van der Waals surface area contributed by atoms with Crippen LogP contribution in [-0.2, 0) is 46.5 Å². The maximum Gasteiger partial charge on any atom is 0.303 e. The van der Waals surface area contributed by atoms with Crippen molar-refractivity contribution in [3.05, 3.63) is 89.6 Å². The summed E-state index contributed by atoms with van der Waals surface area (Å²) in [6, 6.07) is 19.1. The molecule has 4 atom stereocenters. The molecular formula is C29H29ClN4O7. The Balaban J connectivity index is 1.55. The third-order valence-electron chi connectivity index (χ3n) is 6.59. The number of ether oxygens (including phenoxy) is 5. The number of imidazole rings is 1. The lowest BCUT2D eigenvalue weighted by Gasteiger charge is -2.34. The van der Waals surface area contributed by atoms with Crippen molar-refractivity contribution in [1.29, 1.82) is 0 Å². The lowest BCUT2D eigenvalue weighted by atomic mass is 9.96. The molecule has 1 saturated heterocycles. The maximum absolute atomic E-state index is 12.4. The molecule has 0 bridgehead atoms. The van der Waals surface area contributed by atoms with Gasteiger partial charge in [0.15, 0.2) is 28.7 Å². The van der Waals surface area contributed by atoms with Gasteiger partial charge in [0, 0.05) is 13.8 Å². The first-order chi connectivity index (χ1) is 19.9. The van der Waals surface area contributed by atoms with Crippen molar-refractivity contribution in [1.82, 2.24) is 19.5 Å². The number of carbonyl (C=O) groups is 2. The van der Waals surface area contributed by atoms with Crippen molar-refractivity contribution >= 4 is 34.7 Å². The fourth-order valence-corrected chi connectivity index (χ4v) is 4.96. The summed E-state index contributed by atoms with van der Waals surface area (Å²) in [7, 11) is 0. The molecule has 2 aromatic carbocycles. The number of carbonyl (C=O) groups excluding carboxylic acids is 2. The molecule has 1 aliphatic heterocycles. The standard InChI is InChI=1S/C29H29ClN4O7/c1-19(35)39-16-29(15-37-13-21-9-5-3-6-10-21)25(38-14-22-11-7-4-8-12-22)24(40-20(2)36)28(41-29)34-18-33-23-26(30)31-17-32-27(23)34/h3-12,17-18,24-25,28H,13-16H2,1-2H3/t24-,25+,28-,29+/m1/s1. The van der Waals surface area contributed by atoms with E-state index in [0.29, 0.717) is 11.2 Å². The summed E-state index contributed by atoms with van der Waals surface area (Å²) in [4.78, 5) is 37.1. The van der Waals surface area contributed by atoms with Crippen LogP contribution in [0.25, 0.3) is 11.2 Å². The van der Waals surface area contributed by atoms with E-state index in [0.717, 1.165) is 11.1 Å². The Morgan fingerprint density at radius 2 is 1.61 bits per heavy atom. The number of rotatable bonds is 11. The molecule has 0 radical (unpaired) electrons. The Morgan fingerprint density at radius 1 is 0.927 bits per heavy atom. The molecule has 214 valence electrons. The first-order valence-electron chi connectivity index (χ1n) is 12.9. The van der Waals surface area contributed by atoms with E-state index in [-0.39, 0.29) is 31.6 Å². The topological polar surface area (TPSA) is 124 Å². The molecule has 5 rings (SSSR count). The second-order valence-electron chi connectivity index (χ2n) is 9.61. The molecule has 41 heavy (non-hydrogen) atoms. The van der Waals surface area contributed by atoms with Crippen LogP contribution in [0.1, 0.15) is 31.2 Å². The Kier molecular flexibility index (Phi) is 8.89. The normalized spacial score (nSPS) is 22.1. The molecule has 0 unspecified atom stereocenters. The van der Waals surface area contributed by atoms with E-state index in [2.05, 4.69) is 15.0 Å². The molecule has 0 spiro atoms. The zero-order valence-electron chi connectivity index (χ0n) is 22.5. The minimum absolute atomic E-state index is 0.0503. The van der Waals surface area contributed by atoms with Gasteiger partial charge in [0.2, 0.25) is 0 Å². The van der Waals surface area contributed by atoms with Crippen LogP contribution in [0.5, 0.6) is 0 Å².